The molecule has 0 aliphatic carbocycles. The number of nitrogens with zero attached hydrogens (tertiary/aromatic N) is 2. The maximum atomic E-state index is 10.3. The van der Waals surface area contributed by atoms with Crippen LogP contribution in [0.1, 0.15) is 6.92 Å². The van der Waals surface area contributed by atoms with Crippen LogP contribution < -0.4 is 5.32 Å². The van der Waals surface area contributed by atoms with Gasteiger partial charge in [0, 0.05) is 21.0 Å². The van der Waals surface area contributed by atoms with Gasteiger partial charge in [0.2, 0.25) is 5.91 Å². The van der Waals surface area contributed by atoms with Crippen LogP contribution in [0.2, 0.25) is 0 Å². The highest BCUT2D eigenvalue weighted by Gasteiger charge is 1.84. The topological polar surface area (TPSA) is 44.7 Å². The Kier molecular flexibility index (Phi) is 4.28. The molecule has 0 aromatic rings. The van der Waals surface area contributed by atoms with E-state index >= 15 is 0 Å². The number of aliphatic imine (C=N–C) groups is 1. The summed E-state index contributed by atoms with van der Waals surface area (Å²) < 4.78 is 0. The van der Waals surface area contributed by atoms with Crippen molar-refractivity contribution < 1.29 is 4.79 Å². The molecule has 0 fully saturated rings. The van der Waals surface area contributed by atoms with Crippen molar-refractivity contribution in [2.45, 2.75) is 6.92 Å². The number of hydrogen-bond acceptors (Lipinski definition) is 2. The van der Waals surface area contributed by atoms with E-state index in [-0.39, 0.29) is 5.91 Å². The maximum absolute atomic E-state index is 10.3. The molecule has 0 saturated carbocycles. The minimum absolute atomic E-state index is 0.0593. The Morgan fingerprint density at radius 3 is 2.70 bits per heavy atom. The molecule has 10 heavy (non-hydrogen) atoms. The summed E-state index contributed by atoms with van der Waals surface area (Å²) in [6, 6.07) is 0. The first-order valence-corrected chi connectivity index (χ1v) is 3.03. The lowest BCUT2D eigenvalue weighted by Gasteiger charge is -2.01. The summed E-state index contributed by atoms with van der Waals surface area (Å²) in [5.41, 5.74) is 0. The Labute approximate surface area is 60.9 Å². The molecule has 1 N–H and O–H groups in total. The Balaban J connectivity index is 3.27. The number of hydrogen-bond donors (Lipinski definition) is 1. The van der Waals surface area contributed by atoms with E-state index in [2.05, 4.69) is 10.3 Å². The second-order valence-corrected chi connectivity index (χ2v) is 2.15. The van der Waals surface area contributed by atoms with Gasteiger partial charge in [0.15, 0.2) is 0 Å². The minimum Gasteiger partial charge on any atom is -0.369 e. The molecule has 58 valence electrons. The highest BCUT2D eigenvalue weighted by atomic mass is 16.1. The average molecular weight is 143 g/mol. The van der Waals surface area contributed by atoms with Gasteiger partial charge < -0.3 is 10.2 Å². The lowest BCUT2D eigenvalue weighted by molar-refractivity contribution is -0.118. The molecule has 0 unspecified atom stereocenters. The summed E-state index contributed by atoms with van der Waals surface area (Å²) in [4.78, 5) is 16.0. The zero-order chi connectivity index (χ0) is 7.98. The Bertz CT molecular complexity index is 131. The molecule has 0 aromatic carbocycles. The van der Waals surface area contributed by atoms with Crippen LogP contribution in [0.5, 0.6) is 0 Å². The van der Waals surface area contributed by atoms with Gasteiger partial charge in [-0.15, -0.1) is 0 Å². The van der Waals surface area contributed by atoms with E-state index in [0.717, 1.165) is 0 Å². The summed E-state index contributed by atoms with van der Waals surface area (Å²) >= 11 is 0. The predicted molar refractivity (Wildman–Crippen MR) is 40.9 cm³/mol. The van der Waals surface area contributed by atoms with Crippen molar-refractivity contribution >= 4 is 12.2 Å². The van der Waals surface area contributed by atoms with Gasteiger partial charge in [0.1, 0.15) is 6.67 Å². The van der Waals surface area contributed by atoms with Crippen molar-refractivity contribution in [2.24, 2.45) is 4.99 Å². The fraction of sp³-hybridized carbons (Fsp3) is 0.667. The first kappa shape index (κ1) is 8.94. The first-order valence-electron chi connectivity index (χ1n) is 3.03. The number of carbonyl (C=O) groups is 1. The van der Waals surface area contributed by atoms with Gasteiger partial charge in [-0.2, -0.15) is 0 Å². The largest absolute Gasteiger partial charge is 0.369 e. The maximum Gasteiger partial charge on any atom is 0.218 e. The second-order valence-electron chi connectivity index (χ2n) is 2.15. The molecular formula is C6H13N3O. The number of amides is 1. The fourth-order valence-corrected chi connectivity index (χ4v) is 0.361. The molecule has 0 heterocycles. The third-order valence-corrected chi connectivity index (χ3v) is 0.732. The normalized spacial score (nSPS) is 9.90. The Hall–Kier alpha value is -1.06. The highest BCUT2D eigenvalue weighted by Crippen LogP contribution is 1.67. The average Bonchev–Trinajstić information content (AvgIpc) is 1.79. The Morgan fingerprint density at radius 2 is 2.30 bits per heavy atom. The molecule has 0 radical (unpaired) electrons. The van der Waals surface area contributed by atoms with Crippen LogP contribution in [-0.2, 0) is 4.79 Å². The van der Waals surface area contributed by atoms with E-state index in [1.165, 1.54) is 6.92 Å². The zero-order valence-corrected chi connectivity index (χ0v) is 6.59. The van der Waals surface area contributed by atoms with E-state index in [1.54, 1.807) is 6.34 Å². The number of nitrogens with one attached hydrogen (secondary N) is 1. The van der Waals surface area contributed by atoms with Gasteiger partial charge in [-0.05, 0) is 0 Å². The van der Waals surface area contributed by atoms with E-state index in [0.29, 0.717) is 6.67 Å². The standard InChI is InChI=1S/C6H13N3O/c1-6(10)8-4-7-5-9(2)3/h5H,4H2,1-3H3,(H,8,10). The first-order chi connectivity index (χ1) is 4.63. The molecule has 4 nitrogen and oxygen atoms in total. The lowest BCUT2D eigenvalue weighted by Crippen LogP contribution is -2.20. The SMILES string of the molecule is CC(=O)NCN=CN(C)C. The van der Waals surface area contributed by atoms with Crippen LogP contribution in [-0.4, -0.2) is 37.9 Å². The van der Waals surface area contributed by atoms with Gasteiger partial charge in [0.05, 0.1) is 6.34 Å². The molecule has 0 aromatic heterocycles. The van der Waals surface area contributed by atoms with Crippen LogP contribution in [0.15, 0.2) is 4.99 Å². The van der Waals surface area contributed by atoms with Crippen LogP contribution in [0.4, 0.5) is 0 Å². The van der Waals surface area contributed by atoms with E-state index in [1.807, 2.05) is 19.0 Å². The molecule has 4 heteroatoms. The van der Waals surface area contributed by atoms with Crippen molar-refractivity contribution in [1.82, 2.24) is 10.2 Å². The summed E-state index contributed by atoms with van der Waals surface area (Å²) in [5.74, 6) is -0.0593. The summed E-state index contributed by atoms with van der Waals surface area (Å²) in [7, 11) is 3.74. The molecule has 0 spiro atoms. The summed E-state index contributed by atoms with van der Waals surface area (Å²) in [6.45, 7) is 1.82. The lowest BCUT2D eigenvalue weighted by atomic mass is 10.7. The van der Waals surface area contributed by atoms with Gasteiger partial charge in [-0.3, -0.25) is 9.79 Å². The smallest absolute Gasteiger partial charge is 0.218 e. The van der Waals surface area contributed by atoms with Crippen LogP contribution in [0.25, 0.3) is 0 Å². The van der Waals surface area contributed by atoms with E-state index < -0.39 is 0 Å². The molecule has 0 bridgehead atoms. The third kappa shape index (κ3) is 6.94. The van der Waals surface area contributed by atoms with Crippen LogP contribution >= 0.6 is 0 Å². The van der Waals surface area contributed by atoms with E-state index in [9.17, 15) is 4.79 Å². The van der Waals surface area contributed by atoms with Crippen molar-refractivity contribution in [3.05, 3.63) is 0 Å². The van der Waals surface area contributed by atoms with Crippen LogP contribution in [0, 0.1) is 0 Å². The van der Waals surface area contributed by atoms with Gasteiger partial charge in [-0.1, -0.05) is 0 Å². The summed E-state index contributed by atoms with van der Waals surface area (Å²) in [6.07, 6.45) is 1.65. The number of rotatable bonds is 3. The van der Waals surface area contributed by atoms with Gasteiger partial charge >= 0.3 is 0 Å². The van der Waals surface area contributed by atoms with Crippen molar-refractivity contribution in [1.29, 1.82) is 0 Å². The molecule has 0 atom stereocenters. The number of carbonyl (C=O) groups excluding carboxylic acids is 1. The molecule has 0 saturated heterocycles. The van der Waals surface area contributed by atoms with Crippen LogP contribution in [0.3, 0.4) is 0 Å². The monoisotopic (exact) mass is 143 g/mol. The van der Waals surface area contributed by atoms with Crippen molar-refractivity contribution in [3.8, 4) is 0 Å². The summed E-state index contributed by atoms with van der Waals surface area (Å²) in [5, 5.41) is 2.54. The van der Waals surface area contributed by atoms with Gasteiger partial charge in [0.25, 0.3) is 0 Å². The Morgan fingerprint density at radius 1 is 1.70 bits per heavy atom. The zero-order valence-electron chi connectivity index (χ0n) is 6.59. The quantitative estimate of drug-likeness (QED) is 0.434. The molecule has 0 aliphatic rings. The molecule has 1 amide bonds. The fourth-order valence-electron chi connectivity index (χ4n) is 0.361. The van der Waals surface area contributed by atoms with Crippen molar-refractivity contribution in [3.63, 3.8) is 0 Å². The molecule has 0 aliphatic heterocycles. The minimum atomic E-state index is -0.0593. The second kappa shape index (κ2) is 4.78. The van der Waals surface area contributed by atoms with Gasteiger partial charge in [-0.25, -0.2) is 0 Å². The highest BCUT2D eigenvalue weighted by molar-refractivity contribution is 5.72. The third-order valence-electron chi connectivity index (χ3n) is 0.732. The predicted octanol–water partition coefficient (Wildman–Crippen LogP) is -0.330. The van der Waals surface area contributed by atoms with Crippen molar-refractivity contribution in [2.75, 3.05) is 20.8 Å². The molecular weight excluding hydrogens is 130 g/mol. The molecule has 0 rings (SSSR count). The van der Waals surface area contributed by atoms with E-state index in [4.69, 9.17) is 0 Å².